The summed E-state index contributed by atoms with van der Waals surface area (Å²) >= 11 is 0. The lowest BCUT2D eigenvalue weighted by Gasteiger charge is -2.39. The van der Waals surface area contributed by atoms with Gasteiger partial charge in [0.15, 0.2) is 5.96 Å². The van der Waals surface area contributed by atoms with Crippen LogP contribution in [0.3, 0.4) is 0 Å². The van der Waals surface area contributed by atoms with Gasteiger partial charge in [0.1, 0.15) is 0 Å². The molecule has 7 nitrogen and oxygen atoms in total. The van der Waals surface area contributed by atoms with Gasteiger partial charge in [0.05, 0.1) is 6.04 Å². The Labute approximate surface area is 181 Å². The Morgan fingerprint density at radius 3 is 2.37 bits per heavy atom. The molecule has 7 heteroatoms. The summed E-state index contributed by atoms with van der Waals surface area (Å²) in [5, 5.41) is 3.54. The van der Waals surface area contributed by atoms with Crippen LogP contribution in [-0.4, -0.2) is 93.0 Å². The number of benzene rings is 1. The van der Waals surface area contributed by atoms with E-state index in [2.05, 4.69) is 71.2 Å². The zero-order valence-corrected chi connectivity index (χ0v) is 19.3. The van der Waals surface area contributed by atoms with Gasteiger partial charge < -0.3 is 20.0 Å². The Morgan fingerprint density at radius 2 is 1.77 bits per heavy atom. The lowest BCUT2D eigenvalue weighted by molar-refractivity contribution is -0.135. The third kappa shape index (κ3) is 5.25. The average Bonchev–Trinajstić information content (AvgIpc) is 3.29. The fourth-order valence-electron chi connectivity index (χ4n) is 4.43. The second kappa shape index (κ2) is 10.2. The number of hydrogen-bond acceptors (Lipinski definition) is 4. The molecule has 2 fully saturated rings. The van der Waals surface area contributed by atoms with Crippen molar-refractivity contribution >= 4 is 17.6 Å². The first-order chi connectivity index (χ1) is 14.4. The summed E-state index contributed by atoms with van der Waals surface area (Å²) in [5.41, 5.74) is 3.76. The summed E-state index contributed by atoms with van der Waals surface area (Å²) in [4.78, 5) is 26.0. The van der Waals surface area contributed by atoms with E-state index in [0.29, 0.717) is 5.91 Å². The van der Waals surface area contributed by atoms with Crippen molar-refractivity contribution in [1.29, 1.82) is 0 Å². The molecule has 1 aromatic carbocycles. The number of nitrogens with one attached hydrogen (secondary N) is 1. The maximum absolute atomic E-state index is 12.7. The zero-order chi connectivity index (χ0) is 21.7. The minimum atomic E-state index is -0.0320. The van der Waals surface area contributed by atoms with Gasteiger partial charge in [-0.05, 0) is 43.9 Å². The molecule has 0 radical (unpaired) electrons. The van der Waals surface area contributed by atoms with Gasteiger partial charge in [-0.1, -0.05) is 12.1 Å². The second-order valence-electron chi connectivity index (χ2n) is 8.66. The van der Waals surface area contributed by atoms with Crippen molar-refractivity contribution in [2.45, 2.75) is 39.3 Å². The van der Waals surface area contributed by atoms with Crippen LogP contribution in [-0.2, 0) is 11.3 Å². The van der Waals surface area contributed by atoms with Crippen LogP contribution in [0, 0.1) is 6.92 Å². The molecule has 0 spiro atoms. The number of carbonyl (C=O) groups is 1. The van der Waals surface area contributed by atoms with E-state index < -0.39 is 0 Å². The molecule has 30 heavy (non-hydrogen) atoms. The predicted octanol–water partition coefficient (Wildman–Crippen LogP) is 1.76. The fraction of sp³-hybridized carbons (Fsp3) is 0.652. The van der Waals surface area contributed by atoms with Gasteiger partial charge in [-0.3, -0.25) is 14.7 Å². The molecule has 1 N–H and O–H groups in total. The van der Waals surface area contributed by atoms with Crippen LogP contribution in [0.4, 0.5) is 5.69 Å². The van der Waals surface area contributed by atoms with Crippen molar-refractivity contribution < 1.29 is 4.79 Å². The number of amides is 1. The van der Waals surface area contributed by atoms with Crippen LogP contribution in [0.5, 0.6) is 0 Å². The number of aliphatic imine (C=N–C) groups is 1. The van der Waals surface area contributed by atoms with E-state index in [1.54, 1.807) is 0 Å². The maximum atomic E-state index is 12.7. The number of carbonyl (C=O) groups excluding carboxylic acids is 1. The summed E-state index contributed by atoms with van der Waals surface area (Å²) < 4.78 is 0. The smallest absolute Gasteiger partial charge is 0.239 e. The van der Waals surface area contributed by atoms with E-state index in [0.717, 1.165) is 64.6 Å². The Hall–Kier alpha value is -2.28. The number of likely N-dealkylation sites (tertiary alicyclic amines) is 1. The molecule has 166 valence electrons. The highest BCUT2D eigenvalue weighted by atomic mass is 16.2. The summed E-state index contributed by atoms with van der Waals surface area (Å²) in [6, 6.07) is 6.53. The van der Waals surface area contributed by atoms with Crippen LogP contribution >= 0.6 is 0 Å². The number of aryl methyl sites for hydroxylation is 1. The quantitative estimate of drug-likeness (QED) is 0.588. The Kier molecular flexibility index (Phi) is 7.58. The minimum Gasteiger partial charge on any atom is -0.377 e. The summed E-state index contributed by atoms with van der Waals surface area (Å²) in [5.74, 6) is 1.22. The molecule has 0 bridgehead atoms. The van der Waals surface area contributed by atoms with Crippen LogP contribution in [0.2, 0.25) is 0 Å². The normalized spacial score (nSPS) is 19.2. The summed E-state index contributed by atoms with van der Waals surface area (Å²) in [6.07, 6.45) is 2.29. The van der Waals surface area contributed by atoms with Crippen molar-refractivity contribution in [3.8, 4) is 0 Å². The molecule has 0 saturated carbocycles. The number of hydrogen-bond donors (Lipinski definition) is 1. The molecule has 2 aliphatic rings. The van der Waals surface area contributed by atoms with Crippen molar-refractivity contribution in [1.82, 2.24) is 20.0 Å². The van der Waals surface area contributed by atoms with E-state index in [-0.39, 0.29) is 6.04 Å². The van der Waals surface area contributed by atoms with Gasteiger partial charge in [0.2, 0.25) is 5.91 Å². The molecule has 0 aromatic heterocycles. The molecule has 2 aliphatic heterocycles. The molecule has 2 saturated heterocycles. The number of rotatable bonds is 5. The molecule has 1 atom stereocenters. The average molecular weight is 415 g/mol. The van der Waals surface area contributed by atoms with Crippen molar-refractivity contribution in [2.75, 3.05) is 65.3 Å². The van der Waals surface area contributed by atoms with Gasteiger partial charge in [-0.25, -0.2) is 0 Å². The Bertz CT molecular complexity index is 748. The topological polar surface area (TPSA) is 54.4 Å². The van der Waals surface area contributed by atoms with Crippen molar-refractivity contribution in [3.63, 3.8) is 0 Å². The van der Waals surface area contributed by atoms with Gasteiger partial charge >= 0.3 is 0 Å². The van der Waals surface area contributed by atoms with Crippen molar-refractivity contribution in [3.05, 3.63) is 29.3 Å². The van der Waals surface area contributed by atoms with Gasteiger partial charge in [-0.15, -0.1) is 0 Å². The lowest BCUT2D eigenvalue weighted by atomic mass is 10.1. The Morgan fingerprint density at radius 1 is 1.10 bits per heavy atom. The summed E-state index contributed by atoms with van der Waals surface area (Å²) in [6.45, 7) is 10.3. The first-order valence-electron chi connectivity index (χ1n) is 11.2. The molecule has 1 unspecified atom stereocenters. The molecular formula is C23H38N6O. The lowest BCUT2D eigenvalue weighted by Crippen LogP contribution is -2.57. The third-order valence-corrected chi connectivity index (χ3v) is 6.31. The van der Waals surface area contributed by atoms with E-state index in [1.165, 1.54) is 16.8 Å². The first-order valence-corrected chi connectivity index (χ1v) is 11.2. The van der Waals surface area contributed by atoms with Crippen molar-refractivity contribution in [2.24, 2.45) is 4.99 Å². The summed E-state index contributed by atoms with van der Waals surface area (Å²) in [7, 11) is 6.00. The van der Waals surface area contributed by atoms with E-state index in [4.69, 9.17) is 0 Å². The van der Waals surface area contributed by atoms with Crippen LogP contribution in [0.1, 0.15) is 30.9 Å². The molecule has 3 rings (SSSR count). The Balaban J connectivity index is 1.53. The monoisotopic (exact) mass is 414 g/mol. The molecule has 1 amide bonds. The van der Waals surface area contributed by atoms with Gasteiger partial charge in [0.25, 0.3) is 0 Å². The van der Waals surface area contributed by atoms with E-state index >= 15 is 0 Å². The zero-order valence-electron chi connectivity index (χ0n) is 19.3. The highest BCUT2D eigenvalue weighted by Crippen LogP contribution is 2.20. The number of anilines is 1. The van der Waals surface area contributed by atoms with E-state index in [9.17, 15) is 4.79 Å². The predicted molar refractivity (Wildman–Crippen MR) is 124 cm³/mol. The van der Waals surface area contributed by atoms with Crippen LogP contribution in [0.15, 0.2) is 23.2 Å². The number of nitrogens with zero attached hydrogens (tertiary/aromatic N) is 5. The minimum absolute atomic E-state index is 0.0320. The highest BCUT2D eigenvalue weighted by molar-refractivity contribution is 5.82. The van der Waals surface area contributed by atoms with Crippen LogP contribution in [0.25, 0.3) is 0 Å². The van der Waals surface area contributed by atoms with Gasteiger partial charge in [0, 0.05) is 72.6 Å². The third-order valence-electron chi connectivity index (χ3n) is 6.31. The van der Waals surface area contributed by atoms with Gasteiger partial charge in [-0.2, -0.15) is 0 Å². The molecule has 1 aromatic rings. The number of piperazine rings is 1. The van der Waals surface area contributed by atoms with Crippen LogP contribution < -0.4 is 10.2 Å². The highest BCUT2D eigenvalue weighted by Gasteiger charge is 2.30. The fourth-order valence-corrected chi connectivity index (χ4v) is 4.43. The van der Waals surface area contributed by atoms with E-state index in [1.807, 2.05) is 11.9 Å². The largest absolute Gasteiger partial charge is 0.377 e. The second-order valence-corrected chi connectivity index (χ2v) is 8.66. The first kappa shape index (κ1) is 22.4. The number of guanidine groups is 1. The maximum Gasteiger partial charge on any atom is 0.239 e. The SMILES string of the molecule is CN=C(NCc1ccc(C)cc1N(C)C)N1CCN(C(C)C(=O)N2CCCC2)CC1. The molecule has 0 aliphatic carbocycles. The standard InChI is InChI=1S/C23H38N6O/c1-18-8-9-20(21(16-18)26(4)5)17-25-23(24-3)29-14-12-27(13-15-29)19(2)22(30)28-10-6-7-11-28/h8-9,16,19H,6-7,10-15,17H2,1-5H3,(H,24,25). The molecular weight excluding hydrogens is 376 g/mol. The molecule has 2 heterocycles.